The van der Waals surface area contributed by atoms with Crippen LogP contribution in [0.1, 0.15) is 44.2 Å². The fraction of sp³-hybridized carbons (Fsp3) is 0.611. The molecule has 1 aliphatic heterocycles. The molecule has 4 nitrogen and oxygen atoms in total. The monoisotopic (exact) mass is 302 g/mol. The van der Waals surface area contributed by atoms with Crippen molar-refractivity contribution in [3.05, 3.63) is 29.3 Å². The number of phenolic OH excluding ortho intramolecular Hbond substituents is 1. The van der Waals surface area contributed by atoms with Gasteiger partial charge in [0.05, 0.1) is 0 Å². The molecule has 1 aliphatic carbocycles. The largest absolute Gasteiger partial charge is 0.508 e. The summed E-state index contributed by atoms with van der Waals surface area (Å²) in [5.41, 5.74) is 8.12. The van der Waals surface area contributed by atoms with Crippen LogP contribution in [0.3, 0.4) is 0 Å². The lowest BCUT2D eigenvalue weighted by molar-refractivity contribution is -0.118. The molecule has 1 unspecified atom stereocenters. The van der Waals surface area contributed by atoms with Gasteiger partial charge in [-0.3, -0.25) is 9.69 Å². The molecule has 1 aromatic rings. The summed E-state index contributed by atoms with van der Waals surface area (Å²) in [5.74, 6) is 0.704. The van der Waals surface area contributed by atoms with Crippen molar-refractivity contribution in [3.8, 4) is 5.75 Å². The SMILES string of the molecule is CC[C@H]1C2Cc3ccc(O)cc3[C@@]1(C)CCN2CCC(N)=O. The molecule has 1 amide bonds. The van der Waals surface area contributed by atoms with Crippen molar-refractivity contribution in [1.29, 1.82) is 0 Å². The molecule has 3 N–H and O–H groups in total. The third-order valence-corrected chi connectivity index (χ3v) is 5.89. The Morgan fingerprint density at radius 1 is 1.50 bits per heavy atom. The Kier molecular flexibility index (Phi) is 3.89. The first-order chi connectivity index (χ1) is 10.5. The molecule has 3 atom stereocenters. The Morgan fingerprint density at radius 3 is 2.95 bits per heavy atom. The van der Waals surface area contributed by atoms with E-state index >= 15 is 0 Å². The van der Waals surface area contributed by atoms with E-state index in [2.05, 4.69) is 24.8 Å². The number of carbonyl (C=O) groups is 1. The van der Waals surface area contributed by atoms with Gasteiger partial charge >= 0.3 is 0 Å². The second-order valence-corrected chi connectivity index (χ2v) is 7.05. The maximum atomic E-state index is 11.1. The smallest absolute Gasteiger partial charge is 0.218 e. The van der Waals surface area contributed by atoms with E-state index in [-0.39, 0.29) is 11.3 Å². The Hall–Kier alpha value is -1.55. The molecule has 3 rings (SSSR count). The van der Waals surface area contributed by atoms with E-state index in [4.69, 9.17) is 5.73 Å². The predicted molar refractivity (Wildman–Crippen MR) is 86.7 cm³/mol. The van der Waals surface area contributed by atoms with Gasteiger partial charge in [0.15, 0.2) is 0 Å². The first-order valence-corrected chi connectivity index (χ1v) is 8.30. The van der Waals surface area contributed by atoms with Crippen molar-refractivity contribution < 1.29 is 9.90 Å². The normalized spacial score (nSPS) is 30.8. The molecule has 0 aromatic heterocycles. The van der Waals surface area contributed by atoms with Gasteiger partial charge in [0.25, 0.3) is 0 Å². The minimum Gasteiger partial charge on any atom is -0.508 e. The van der Waals surface area contributed by atoms with Crippen molar-refractivity contribution in [3.63, 3.8) is 0 Å². The molecule has 1 heterocycles. The van der Waals surface area contributed by atoms with Crippen LogP contribution < -0.4 is 5.73 Å². The molecular weight excluding hydrogens is 276 g/mol. The zero-order chi connectivity index (χ0) is 15.9. The van der Waals surface area contributed by atoms with Gasteiger partial charge in [-0.1, -0.05) is 26.3 Å². The minimum absolute atomic E-state index is 0.120. The zero-order valence-corrected chi connectivity index (χ0v) is 13.5. The van der Waals surface area contributed by atoms with Gasteiger partial charge < -0.3 is 10.8 Å². The number of aromatic hydroxyl groups is 1. The maximum Gasteiger partial charge on any atom is 0.218 e. The number of nitrogens with two attached hydrogens (primary N) is 1. The summed E-state index contributed by atoms with van der Waals surface area (Å²) in [5, 5.41) is 9.89. The highest BCUT2D eigenvalue weighted by Gasteiger charge is 2.49. The van der Waals surface area contributed by atoms with Gasteiger partial charge in [-0.25, -0.2) is 0 Å². The molecule has 4 heteroatoms. The molecule has 0 saturated carbocycles. The number of piperidine rings is 1. The quantitative estimate of drug-likeness (QED) is 0.896. The fourth-order valence-electron chi connectivity index (χ4n) is 4.77. The van der Waals surface area contributed by atoms with E-state index in [1.165, 1.54) is 11.1 Å². The van der Waals surface area contributed by atoms with Crippen molar-refractivity contribution in [1.82, 2.24) is 4.90 Å². The summed E-state index contributed by atoms with van der Waals surface area (Å²) < 4.78 is 0. The summed E-state index contributed by atoms with van der Waals surface area (Å²) in [6.45, 7) is 6.36. The average molecular weight is 302 g/mol. The van der Waals surface area contributed by atoms with Crippen LogP contribution in [0.15, 0.2) is 18.2 Å². The molecule has 0 spiro atoms. The van der Waals surface area contributed by atoms with Crippen LogP contribution in [0.25, 0.3) is 0 Å². The Balaban J connectivity index is 1.95. The average Bonchev–Trinajstić information content (AvgIpc) is 2.47. The molecule has 22 heavy (non-hydrogen) atoms. The Morgan fingerprint density at radius 2 is 2.27 bits per heavy atom. The standard InChI is InChI=1S/C18H26N2O2/c1-3-14-16-10-12-4-5-13(21)11-15(12)18(14,2)7-9-20(16)8-6-17(19)22/h4-5,11,14,16,21H,3,6-10H2,1-2H3,(H2,19,22)/t14-,16?,18-/m0/s1. The van der Waals surface area contributed by atoms with Crippen LogP contribution in [0.5, 0.6) is 5.75 Å². The molecule has 0 radical (unpaired) electrons. The van der Waals surface area contributed by atoms with Crippen LogP contribution in [0.2, 0.25) is 0 Å². The summed E-state index contributed by atoms with van der Waals surface area (Å²) in [7, 11) is 0. The van der Waals surface area contributed by atoms with Gasteiger partial charge in [-0.15, -0.1) is 0 Å². The second-order valence-electron chi connectivity index (χ2n) is 7.05. The van der Waals surface area contributed by atoms with E-state index < -0.39 is 0 Å². The molecule has 120 valence electrons. The third kappa shape index (κ3) is 2.39. The first kappa shape index (κ1) is 15.3. The number of hydrogen-bond donors (Lipinski definition) is 2. The van der Waals surface area contributed by atoms with Gasteiger partial charge in [0.1, 0.15) is 5.75 Å². The Bertz CT molecular complexity index is 586. The number of nitrogens with zero attached hydrogens (tertiary/aromatic N) is 1. The minimum atomic E-state index is -0.220. The van der Waals surface area contributed by atoms with E-state index in [1.54, 1.807) is 6.07 Å². The van der Waals surface area contributed by atoms with E-state index in [0.29, 0.717) is 24.1 Å². The number of fused-ring (bicyclic) bond motifs is 4. The van der Waals surface area contributed by atoms with Gasteiger partial charge in [-0.05, 0) is 54.0 Å². The van der Waals surface area contributed by atoms with Crippen LogP contribution in [0, 0.1) is 5.92 Å². The van der Waals surface area contributed by atoms with Crippen LogP contribution in [-0.4, -0.2) is 35.0 Å². The fourth-order valence-corrected chi connectivity index (χ4v) is 4.77. The zero-order valence-electron chi connectivity index (χ0n) is 13.5. The molecule has 1 saturated heterocycles. The number of hydrogen-bond acceptors (Lipinski definition) is 3. The van der Waals surface area contributed by atoms with Crippen LogP contribution in [-0.2, 0) is 16.6 Å². The highest BCUT2D eigenvalue weighted by molar-refractivity contribution is 5.73. The molecule has 2 bridgehead atoms. The lowest BCUT2D eigenvalue weighted by atomic mass is 9.57. The number of carbonyl (C=O) groups excluding carboxylic acids is 1. The first-order valence-electron chi connectivity index (χ1n) is 8.30. The summed E-state index contributed by atoms with van der Waals surface area (Å²) in [4.78, 5) is 13.6. The van der Waals surface area contributed by atoms with Crippen LogP contribution >= 0.6 is 0 Å². The molecular formula is C18H26N2O2. The molecule has 1 fully saturated rings. The number of primary amides is 1. The molecule has 1 aromatic carbocycles. The third-order valence-electron chi connectivity index (χ3n) is 5.89. The van der Waals surface area contributed by atoms with Crippen LogP contribution in [0.4, 0.5) is 0 Å². The van der Waals surface area contributed by atoms with E-state index in [1.807, 2.05) is 6.07 Å². The maximum absolute atomic E-state index is 11.1. The lowest BCUT2D eigenvalue weighted by Crippen LogP contribution is -2.59. The predicted octanol–water partition coefficient (Wildman–Crippen LogP) is 2.18. The van der Waals surface area contributed by atoms with Crippen molar-refractivity contribution in [2.75, 3.05) is 13.1 Å². The highest BCUT2D eigenvalue weighted by atomic mass is 16.3. The highest BCUT2D eigenvalue weighted by Crippen LogP contribution is 2.50. The van der Waals surface area contributed by atoms with Gasteiger partial charge in [-0.2, -0.15) is 0 Å². The number of benzene rings is 1. The van der Waals surface area contributed by atoms with E-state index in [9.17, 15) is 9.90 Å². The number of rotatable bonds is 4. The second kappa shape index (κ2) is 5.58. The summed E-state index contributed by atoms with van der Waals surface area (Å²) >= 11 is 0. The number of amides is 1. The van der Waals surface area contributed by atoms with Crippen molar-refractivity contribution in [2.24, 2.45) is 11.7 Å². The molecule has 2 aliphatic rings. The van der Waals surface area contributed by atoms with Crippen molar-refractivity contribution >= 4 is 5.91 Å². The van der Waals surface area contributed by atoms with E-state index in [0.717, 1.165) is 32.4 Å². The Labute approximate surface area is 132 Å². The van der Waals surface area contributed by atoms with Gasteiger partial charge in [0, 0.05) is 19.0 Å². The topological polar surface area (TPSA) is 66.6 Å². The number of likely N-dealkylation sites (tertiary alicyclic amines) is 1. The van der Waals surface area contributed by atoms with Crippen molar-refractivity contribution in [2.45, 2.75) is 51.0 Å². The van der Waals surface area contributed by atoms with Gasteiger partial charge in [0.2, 0.25) is 5.91 Å². The lowest BCUT2D eigenvalue weighted by Gasteiger charge is -2.55. The summed E-state index contributed by atoms with van der Waals surface area (Å²) in [6.07, 6.45) is 3.62. The summed E-state index contributed by atoms with van der Waals surface area (Å²) in [6, 6.07) is 6.30. The number of phenols is 1.